The summed E-state index contributed by atoms with van der Waals surface area (Å²) in [5.74, 6) is -0.384. The quantitative estimate of drug-likeness (QED) is 0.485. The summed E-state index contributed by atoms with van der Waals surface area (Å²) in [5.41, 5.74) is 4.28. The lowest BCUT2D eigenvalue weighted by Gasteiger charge is -2.20. The fourth-order valence-electron chi connectivity index (χ4n) is 3.87. The number of para-hydroxylation sites is 1. The lowest BCUT2D eigenvalue weighted by molar-refractivity contribution is 0.102. The molecule has 0 atom stereocenters. The lowest BCUT2D eigenvalue weighted by atomic mass is 10.1. The second kappa shape index (κ2) is 7.97. The fourth-order valence-corrected chi connectivity index (χ4v) is 5.42. The van der Waals surface area contributed by atoms with Crippen molar-refractivity contribution in [1.29, 1.82) is 0 Å². The Morgan fingerprint density at radius 1 is 0.969 bits per heavy atom. The van der Waals surface area contributed by atoms with E-state index in [9.17, 15) is 13.2 Å². The Labute approximate surface area is 185 Å². The van der Waals surface area contributed by atoms with Gasteiger partial charge in [0.2, 0.25) is 0 Å². The van der Waals surface area contributed by atoms with Crippen LogP contribution >= 0.6 is 0 Å². The van der Waals surface area contributed by atoms with Gasteiger partial charge >= 0.3 is 0 Å². The summed E-state index contributed by atoms with van der Waals surface area (Å²) in [5, 5.41) is 9.68. The molecule has 0 saturated heterocycles. The minimum absolute atomic E-state index is 0.0908. The highest BCUT2D eigenvalue weighted by Gasteiger charge is 2.30. The molecule has 0 aliphatic carbocycles. The topological polar surface area (TPSA) is 95.2 Å². The number of nitrogens with zero attached hydrogens (tertiary/aromatic N) is 2. The van der Waals surface area contributed by atoms with Crippen LogP contribution < -0.4 is 9.62 Å². The number of rotatable bonds is 5. The van der Waals surface area contributed by atoms with E-state index < -0.39 is 10.0 Å². The first kappa shape index (κ1) is 20.0. The summed E-state index contributed by atoms with van der Waals surface area (Å²) < 4.78 is 28.0. The van der Waals surface area contributed by atoms with Crippen molar-refractivity contribution in [2.24, 2.45) is 0 Å². The molecule has 32 heavy (non-hydrogen) atoms. The summed E-state index contributed by atoms with van der Waals surface area (Å²) in [6.07, 6.45) is 2.33. The van der Waals surface area contributed by atoms with Gasteiger partial charge < -0.3 is 5.32 Å². The van der Waals surface area contributed by atoms with Crippen molar-refractivity contribution in [2.45, 2.75) is 11.3 Å². The molecule has 2 heterocycles. The maximum absolute atomic E-state index is 13.3. The molecule has 8 heteroatoms. The van der Waals surface area contributed by atoms with Crippen LogP contribution in [0.3, 0.4) is 0 Å². The van der Waals surface area contributed by atoms with Crippen molar-refractivity contribution in [1.82, 2.24) is 10.2 Å². The maximum Gasteiger partial charge on any atom is 0.264 e. The Hall–Kier alpha value is -3.91. The Bertz CT molecular complexity index is 1400. The second-order valence-electron chi connectivity index (χ2n) is 7.49. The molecular formula is C24H20N4O3S. The van der Waals surface area contributed by atoms with E-state index in [4.69, 9.17) is 0 Å². The number of aromatic nitrogens is 2. The first-order valence-electron chi connectivity index (χ1n) is 10.1. The Morgan fingerprint density at radius 2 is 1.81 bits per heavy atom. The van der Waals surface area contributed by atoms with Crippen LogP contribution in [0.1, 0.15) is 15.9 Å². The number of hydrogen-bond donors (Lipinski definition) is 2. The third kappa shape index (κ3) is 3.65. The predicted octanol–water partition coefficient (Wildman–Crippen LogP) is 4.08. The standard InChI is InChI=1S/C24H20N4O3S/c29-24(26-20-8-3-6-18(15-20)22-11-13-25-27-22)19-7-4-9-21(16-19)32(30,31)28-14-12-17-5-1-2-10-23(17)28/h1-11,13,15-16H,12,14H2,(H,25,27)(H,26,29). The molecule has 7 nitrogen and oxygen atoms in total. The van der Waals surface area contributed by atoms with Gasteiger partial charge in [0.1, 0.15) is 0 Å². The highest BCUT2D eigenvalue weighted by atomic mass is 32.2. The number of carbonyl (C=O) groups excluding carboxylic acids is 1. The third-order valence-corrected chi connectivity index (χ3v) is 7.27. The number of nitrogens with one attached hydrogen (secondary N) is 2. The molecule has 1 aromatic heterocycles. The van der Waals surface area contributed by atoms with Gasteiger partial charge in [-0.2, -0.15) is 5.10 Å². The predicted molar refractivity (Wildman–Crippen MR) is 123 cm³/mol. The number of amides is 1. The average Bonchev–Trinajstić information content (AvgIpc) is 3.50. The highest BCUT2D eigenvalue weighted by Crippen LogP contribution is 2.32. The molecule has 0 saturated carbocycles. The molecule has 4 aromatic rings. The minimum Gasteiger partial charge on any atom is -0.322 e. The van der Waals surface area contributed by atoms with Gasteiger partial charge in [0.15, 0.2) is 0 Å². The van der Waals surface area contributed by atoms with Gasteiger partial charge in [-0.15, -0.1) is 0 Å². The number of carbonyl (C=O) groups is 1. The minimum atomic E-state index is -3.78. The van der Waals surface area contributed by atoms with Crippen LogP contribution in [0.15, 0.2) is 90.0 Å². The Balaban J connectivity index is 1.40. The van der Waals surface area contributed by atoms with Gasteiger partial charge in [0, 0.05) is 29.6 Å². The highest BCUT2D eigenvalue weighted by molar-refractivity contribution is 7.92. The van der Waals surface area contributed by atoms with Crippen molar-refractivity contribution < 1.29 is 13.2 Å². The first-order valence-corrected chi connectivity index (χ1v) is 11.6. The third-order valence-electron chi connectivity index (χ3n) is 5.46. The zero-order valence-corrected chi connectivity index (χ0v) is 17.8. The molecule has 2 N–H and O–H groups in total. The molecule has 0 radical (unpaired) electrons. The lowest BCUT2D eigenvalue weighted by Crippen LogP contribution is -2.29. The summed E-state index contributed by atoms with van der Waals surface area (Å²) >= 11 is 0. The smallest absolute Gasteiger partial charge is 0.264 e. The Morgan fingerprint density at radius 3 is 2.66 bits per heavy atom. The van der Waals surface area contributed by atoms with E-state index in [0.717, 1.165) is 16.8 Å². The van der Waals surface area contributed by atoms with E-state index in [1.54, 1.807) is 24.4 Å². The van der Waals surface area contributed by atoms with Crippen LogP contribution in [-0.2, 0) is 16.4 Å². The van der Waals surface area contributed by atoms with E-state index >= 15 is 0 Å². The number of anilines is 2. The normalized spacial score (nSPS) is 13.1. The molecule has 0 unspecified atom stereocenters. The van der Waals surface area contributed by atoms with Crippen LogP contribution in [0.5, 0.6) is 0 Å². The molecule has 0 spiro atoms. The number of aromatic amines is 1. The molecule has 5 rings (SSSR count). The van der Waals surface area contributed by atoms with Crippen molar-refractivity contribution >= 4 is 27.3 Å². The largest absolute Gasteiger partial charge is 0.322 e. The first-order chi connectivity index (χ1) is 15.5. The fraction of sp³-hybridized carbons (Fsp3) is 0.0833. The molecule has 1 aliphatic heterocycles. The zero-order valence-electron chi connectivity index (χ0n) is 17.0. The summed E-state index contributed by atoms with van der Waals surface area (Å²) in [6, 6.07) is 22.8. The average molecular weight is 445 g/mol. The monoisotopic (exact) mass is 444 g/mol. The van der Waals surface area contributed by atoms with E-state index in [1.165, 1.54) is 16.4 Å². The van der Waals surface area contributed by atoms with Gasteiger partial charge in [0.25, 0.3) is 15.9 Å². The van der Waals surface area contributed by atoms with Crippen LogP contribution in [0.4, 0.5) is 11.4 Å². The number of hydrogen-bond acceptors (Lipinski definition) is 4. The van der Waals surface area contributed by atoms with Crippen molar-refractivity contribution in [2.75, 3.05) is 16.2 Å². The SMILES string of the molecule is O=C(Nc1cccc(-c2ccn[nH]2)c1)c1cccc(S(=O)(=O)N2CCc3ccccc32)c1. The van der Waals surface area contributed by atoms with Gasteiger partial charge in [-0.1, -0.05) is 36.4 Å². The molecule has 0 fully saturated rings. The Kier molecular flexibility index (Phi) is 4.99. The number of H-pyrrole nitrogens is 1. The molecule has 3 aromatic carbocycles. The summed E-state index contributed by atoms with van der Waals surface area (Å²) in [7, 11) is -3.78. The number of sulfonamides is 1. The van der Waals surface area contributed by atoms with Crippen LogP contribution in [0.25, 0.3) is 11.3 Å². The van der Waals surface area contributed by atoms with Crippen LogP contribution in [-0.4, -0.2) is 31.1 Å². The molecule has 1 amide bonds. The van der Waals surface area contributed by atoms with E-state index in [1.807, 2.05) is 48.5 Å². The molecule has 0 bridgehead atoms. The van der Waals surface area contributed by atoms with Crippen LogP contribution in [0, 0.1) is 0 Å². The van der Waals surface area contributed by atoms with Gasteiger partial charge in [0.05, 0.1) is 16.3 Å². The van der Waals surface area contributed by atoms with Crippen molar-refractivity contribution in [3.8, 4) is 11.3 Å². The van der Waals surface area contributed by atoms with E-state index in [2.05, 4.69) is 15.5 Å². The van der Waals surface area contributed by atoms with Crippen molar-refractivity contribution in [3.05, 3.63) is 96.2 Å². The zero-order chi connectivity index (χ0) is 22.1. The maximum atomic E-state index is 13.3. The summed E-state index contributed by atoms with van der Waals surface area (Å²) in [4.78, 5) is 13.0. The molecule has 1 aliphatic rings. The van der Waals surface area contributed by atoms with Crippen molar-refractivity contribution in [3.63, 3.8) is 0 Å². The van der Waals surface area contributed by atoms with Gasteiger partial charge in [-0.3, -0.25) is 14.2 Å². The molecule has 160 valence electrons. The summed E-state index contributed by atoms with van der Waals surface area (Å²) in [6.45, 7) is 0.387. The van der Waals surface area contributed by atoms with Gasteiger partial charge in [-0.25, -0.2) is 8.42 Å². The van der Waals surface area contributed by atoms with E-state index in [-0.39, 0.29) is 16.4 Å². The number of benzene rings is 3. The van der Waals surface area contributed by atoms with Gasteiger partial charge in [-0.05, 0) is 54.4 Å². The van der Waals surface area contributed by atoms with E-state index in [0.29, 0.717) is 24.3 Å². The molecular weight excluding hydrogens is 424 g/mol. The van der Waals surface area contributed by atoms with Crippen LogP contribution in [0.2, 0.25) is 0 Å². The second-order valence-corrected chi connectivity index (χ2v) is 9.35. The number of fused-ring (bicyclic) bond motifs is 1.